The molecule has 2 N–H and O–H groups in total. The number of amides is 1. The molecule has 1 saturated heterocycles. The van der Waals surface area contributed by atoms with Gasteiger partial charge in [0.25, 0.3) is 5.91 Å². The number of nitrogens with one attached hydrogen (secondary N) is 2. The summed E-state index contributed by atoms with van der Waals surface area (Å²) in [6.07, 6.45) is 0.981. The number of H-pyrrole nitrogens is 1. The van der Waals surface area contributed by atoms with E-state index < -0.39 is 0 Å². The van der Waals surface area contributed by atoms with E-state index in [0.29, 0.717) is 24.6 Å². The zero-order chi connectivity index (χ0) is 21.1. The SMILES string of the molecule is CCc1ccc(Nc2n[nH]nc2C(=O)N2CCN(c3cc(Cl)ccc3C)CC2)cc1. The maximum Gasteiger partial charge on any atom is 0.278 e. The predicted octanol–water partition coefficient (Wildman–Crippen LogP) is 4.03. The lowest BCUT2D eigenvalue weighted by molar-refractivity contribution is 0.0742. The normalized spacial score (nSPS) is 14.1. The zero-order valence-electron chi connectivity index (χ0n) is 17.2. The van der Waals surface area contributed by atoms with Crippen LogP contribution in [0.4, 0.5) is 17.2 Å². The number of aryl methyl sites for hydroxylation is 2. The molecule has 8 heteroatoms. The summed E-state index contributed by atoms with van der Waals surface area (Å²) >= 11 is 6.17. The third kappa shape index (κ3) is 4.26. The lowest BCUT2D eigenvalue weighted by atomic mass is 10.1. The molecule has 3 aromatic rings. The topological polar surface area (TPSA) is 77.1 Å². The summed E-state index contributed by atoms with van der Waals surface area (Å²) in [6, 6.07) is 14.0. The lowest BCUT2D eigenvalue weighted by Crippen LogP contribution is -2.49. The standard InChI is InChI=1S/C22H25ClN6O/c1-3-16-5-8-18(9-6-16)24-21-20(25-27-26-21)22(30)29-12-10-28(11-13-29)19-14-17(23)7-4-15(19)2/h4-9,14H,3,10-13H2,1-2H3,(H2,24,25,26,27). The van der Waals surface area contributed by atoms with Crippen LogP contribution in [0, 0.1) is 6.92 Å². The fourth-order valence-electron chi connectivity index (χ4n) is 3.65. The molecule has 0 aliphatic carbocycles. The van der Waals surface area contributed by atoms with Gasteiger partial charge in [-0.25, -0.2) is 0 Å². The van der Waals surface area contributed by atoms with Crippen LogP contribution in [0.1, 0.15) is 28.5 Å². The second kappa shape index (κ2) is 8.75. The quantitative estimate of drug-likeness (QED) is 0.646. The molecule has 1 aliphatic heterocycles. The molecule has 156 valence electrons. The first kappa shape index (κ1) is 20.2. The monoisotopic (exact) mass is 424 g/mol. The van der Waals surface area contributed by atoms with Gasteiger partial charge in [-0.15, -0.1) is 10.2 Å². The average Bonchev–Trinajstić information content (AvgIpc) is 3.23. The third-order valence-electron chi connectivity index (χ3n) is 5.45. The maximum absolute atomic E-state index is 13.1. The van der Waals surface area contributed by atoms with E-state index in [1.54, 1.807) is 0 Å². The first-order valence-electron chi connectivity index (χ1n) is 10.1. The number of nitrogens with zero attached hydrogens (tertiary/aromatic N) is 4. The van der Waals surface area contributed by atoms with Crippen LogP contribution in [-0.2, 0) is 6.42 Å². The van der Waals surface area contributed by atoms with Crippen LogP contribution >= 0.6 is 11.6 Å². The Labute approximate surface area is 181 Å². The molecule has 0 saturated carbocycles. The number of halogens is 1. The minimum Gasteiger partial charge on any atom is -0.368 e. The van der Waals surface area contributed by atoms with Gasteiger partial charge in [0.2, 0.25) is 0 Å². The number of benzene rings is 2. The molecule has 1 aromatic heterocycles. The fraction of sp³-hybridized carbons (Fsp3) is 0.318. The smallest absolute Gasteiger partial charge is 0.278 e. The summed E-state index contributed by atoms with van der Waals surface area (Å²) in [5.41, 5.74) is 4.73. The largest absolute Gasteiger partial charge is 0.368 e. The van der Waals surface area contributed by atoms with Crippen molar-refractivity contribution < 1.29 is 4.79 Å². The summed E-state index contributed by atoms with van der Waals surface area (Å²) < 4.78 is 0. The first-order valence-corrected chi connectivity index (χ1v) is 10.5. The van der Waals surface area contributed by atoms with E-state index in [0.717, 1.165) is 35.9 Å². The van der Waals surface area contributed by atoms with Crippen molar-refractivity contribution in [3.63, 3.8) is 0 Å². The van der Waals surface area contributed by atoms with Crippen LogP contribution in [0.25, 0.3) is 0 Å². The summed E-state index contributed by atoms with van der Waals surface area (Å²) in [5, 5.41) is 14.7. The minimum atomic E-state index is -0.126. The molecule has 0 atom stereocenters. The number of carbonyl (C=O) groups excluding carboxylic acids is 1. The molecule has 2 heterocycles. The van der Waals surface area contributed by atoms with Gasteiger partial charge in [-0.3, -0.25) is 4.79 Å². The van der Waals surface area contributed by atoms with Crippen LogP contribution in [0.3, 0.4) is 0 Å². The Kier molecular flexibility index (Phi) is 5.90. The van der Waals surface area contributed by atoms with Gasteiger partial charge in [0.05, 0.1) is 0 Å². The van der Waals surface area contributed by atoms with Crippen LogP contribution in [-0.4, -0.2) is 52.4 Å². The van der Waals surface area contributed by atoms with Crippen molar-refractivity contribution in [3.05, 3.63) is 64.3 Å². The Balaban J connectivity index is 1.42. The fourth-order valence-corrected chi connectivity index (χ4v) is 3.82. The van der Waals surface area contributed by atoms with Crippen molar-refractivity contribution in [1.29, 1.82) is 0 Å². The number of aromatic amines is 1. The van der Waals surface area contributed by atoms with E-state index in [1.807, 2.05) is 35.2 Å². The molecule has 1 amide bonds. The molecule has 0 unspecified atom stereocenters. The number of piperazine rings is 1. The van der Waals surface area contributed by atoms with Crippen LogP contribution in [0.5, 0.6) is 0 Å². The number of hydrogen-bond donors (Lipinski definition) is 2. The molecular weight excluding hydrogens is 400 g/mol. The Hall–Kier alpha value is -3.06. The van der Waals surface area contributed by atoms with Gasteiger partial charge in [0.15, 0.2) is 11.5 Å². The molecular formula is C22H25ClN6O. The van der Waals surface area contributed by atoms with Gasteiger partial charge < -0.3 is 15.1 Å². The molecule has 4 rings (SSSR count). The van der Waals surface area contributed by atoms with Crippen molar-refractivity contribution in [1.82, 2.24) is 20.3 Å². The number of aromatic nitrogens is 3. The summed E-state index contributed by atoms with van der Waals surface area (Å²) in [4.78, 5) is 17.1. The van der Waals surface area contributed by atoms with Crippen LogP contribution in [0.2, 0.25) is 5.02 Å². The molecule has 2 aromatic carbocycles. The molecule has 7 nitrogen and oxygen atoms in total. The van der Waals surface area contributed by atoms with E-state index in [9.17, 15) is 4.79 Å². The molecule has 0 bridgehead atoms. The van der Waals surface area contributed by atoms with Gasteiger partial charge in [-0.05, 0) is 48.7 Å². The Morgan fingerprint density at radius 3 is 2.53 bits per heavy atom. The second-order valence-electron chi connectivity index (χ2n) is 7.41. The summed E-state index contributed by atoms with van der Waals surface area (Å²) in [5.74, 6) is 0.316. The van der Waals surface area contributed by atoms with E-state index in [2.05, 4.69) is 51.6 Å². The average molecular weight is 425 g/mol. The Bertz CT molecular complexity index is 1020. The van der Waals surface area contributed by atoms with E-state index in [-0.39, 0.29) is 5.91 Å². The van der Waals surface area contributed by atoms with Crippen molar-refractivity contribution in [2.75, 3.05) is 36.4 Å². The second-order valence-corrected chi connectivity index (χ2v) is 7.84. The lowest BCUT2D eigenvalue weighted by Gasteiger charge is -2.36. The molecule has 1 aliphatic rings. The molecule has 0 radical (unpaired) electrons. The van der Waals surface area contributed by atoms with Crippen molar-refractivity contribution >= 4 is 34.7 Å². The first-order chi connectivity index (χ1) is 14.5. The maximum atomic E-state index is 13.1. The third-order valence-corrected chi connectivity index (χ3v) is 5.69. The van der Waals surface area contributed by atoms with Gasteiger partial charge in [-0.1, -0.05) is 36.7 Å². The highest BCUT2D eigenvalue weighted by molar-refractivity contribution is 6.30. The van der Waals surface area contributed by atoms with Gasteiger partial charge in [-0.2, -0.15) is 5.21 Å². The molecule has 0 spiro atoms. The van der Waals surface area contributed by atoms with Crippen molar-refractivity contribution in [3.8, 4) is 0 Å². The van der Waals surface area contributed by atoms with Crippen LogP contribution in [0.15, 0.2) is 42.5 Å². The highest BCUT2D eigenvalue weighted by Crippen LogP contribution is 2.26. The van der Waals surface area contributed by atoms with Crippen molar-refractivity contribution in [2.24, 2.45) is 0 Å². The van der Waals surface area contributed by atoms with Gasteiger partial charge in [0.1, 0.15) is 0 Å². The highest BCUT2D eigenvalue weighted by Gasteiger charge is 2.27. The number of carbonyl (C=O) groups is 1. The Morgan fingerprint density at radius 1 is 1.10 bits per heavy atom. The number of rotatable bonds is 5. The van der Waals surface area contributed by atoms with E-state index >= 15 is 0 Å². The molecule has 1 fully saturated rings. The molecule has 30 heavy (non-hydrogen) atoms. The highest BCUT2D eigenvalue weighted by atomic mass is 35.5. The number of hydrogen-bond acceptors (Lipinski definition) is 5. The van der Waals surface area contributed by atoms with Gasteiger partial charge >= 0.3 is 0 Å². The summed E-state index contributed by atoms with van der Waals surface area (Å²) in [6.45, 7) is 6.90. The summed E-state index contributed by atoms with van der Waals surface area (Å²) in [7, 11) is 0. The predicted molar refractivity (Wildman–Crippen MR) is 120 cm³/mol. The van der Waals surface area contributed by atoms with Crippen molar-refractivity contribution in [2.45, 2.75) is 20.3 Å². The van der Waals surface area contributed by atoms with E-state index in [1.165, 1.54) is 11.1 Å². The zero-order valence-corrected chi connectivity index (χ0v) is 17.9. The van der Waals surface area contributed by atoms with Gasteiger partial charge in [0, 0.05) is 42.6 Å². The van der Waals surface area contributed by atoms with Crippen LogP contribution < -0.4 is 10.2 Å². The Morgan fingerprint density at radius 2 is 1.83 bits per heavy atom. The number of anilines is 3. The minimum absolute atomic E-state index is 0.126. The van der Waals surface area contributed by atoms with E-state index in [4.69, 9.17) is 11.6 Å².